The second-order valence-corrected chi connectivity index (χ2v) is 30.3. The fourth-order valence-corrected chi connectivity index (χ4v) is 27.0. The summed E-state index contributed by atoms with van der Waals surface area (Å²) in [4.78, 5) is 53.5. The maximum atomic E-state index is 13.4. The summed E-state index contributed by atoms with van der Waals surface area (Å²) >= 11 is 29.0. The van der Waals surface area contributed by atoms with Crippen molar-refractivity contribution in [3.05, 3.63) is 104 Å². The predicted octanol–water partition coefficient (Wildman–Crippen LogP) is 12.3. The number of ether oxygens (including phenoxy) is 2. The highest BCUT2D eigenvalue weighted by molar-refractivity contribution is 8.46. The molecule has 0 aliphatic carbocycles. The lowest BCUT2D eigenvalue weighted by Crippen LogP contribution is -2.28. The fourth-order valence-electron chi connectivity index (χ4n) is 5.73. The molecule has 60 heavy (non-hydrogen) atoms. The molecule has 0 saturated carbocycles. The van der Waals surface area contributed by atoms with Crippen molar-refractivity contribution < 1.29 is 9.47 Å². The van der Waals surface area contributed by atoms with Crippen molar-refractivity contribution in [1.82, 2.24) is 9.13 Å². The summed E-state index contributed by atoms with van der Waals surface area (Å²) in [6.07, 6.45) is 12.7. The SMILES string of the molecule is CSC1=C(SC)SC(=C2SC(SC)=C(SCCOCCn3c(=O)c4cc5c(=O)n(CCOCCSC6=C(SC)SC(=C7SC(SC)=C(SC)S7)S6)c(=O)c5cc4c3=O)S2)S1. The number of benzene rings is 1. The Morgan fingerprint density at radius 1 is 0.400 bits per heavy atom. The number of aromatic nitrogens is 2. The number of hydrogen-bond acceptors (Lipinski definition) is 22. The molecule has 0 N–H and O–H groups in total. The largest absolute Gasteiger partial charge is 0.379 e. The van der Waals surface area contributed by atoms with Gasteiger partial charge in [0.2, 0.25) is 0 Å². The van der Waals surface area contributed by atoms with Crippen molar-refractivity contribution >= 4 is 210 Å². The number of rotatable bonds is 20. The van der Waals surface area contributed by atoms with Crippen molar-refractivity contribution in [1.29, 1.82) is 0 Å². The maximum Gasteiger partial charge on any atom is 0.261 e. The molecule has 322 valence electrons. The molecular weight excluding hydrogens is 1070 g/mol. The molecule has 6 heterocycles. The minimum Gasteiger partial charge on any atom is -0.379 e. The first-order valence-corrected chi connectivity index (χ1v) is 33.4. The standard InChI is InChI=1S/C36H36N2O6S16/c1-45-25-26(46-2)54-33(53-25)35-57-29(49-5)31(59-35)51-13-11-43-9-7-37-21(39)17-15-19-20(16-18(17)22(37)40)24(42)38(23(19)41)8-10-44-12-14-52-32-30(50-6)58-36(60-32)34-55-27(47-3)28(48-4)56-34/h15-16H,7-14H2,1-6H3. The van der Waals surface area contributed by atoms with Gasteiger partial charge in [0.25, 0.3) is 22.2 Å². The van der Waals surface area contributed by atoms with Gasteiger partial charge in [-0.25, -0.2) is 0 Å². The normalized spacial score (nSPS) is 17.7. The van der Waals surface area contributed by atoms with E-state index < -0.39 is 22.2 Å². The quantitative estimate of drug-likeness (QED) is 0.100. The fraction of sp³-hybridized carbons (Fsp3) is 0.389. The second kappa shape index (κ2) is 23.5. The Bertz CT molecular complexity index is 2300. The first-order valence-electron chi connectivity index (χ1n) is 17.6. The third kappa shape index (κ3) is 11.1. The summed E-state index contributed by atoms with van der Waals surface area (Å²) < 4.78 is 30.0. The van der Waals surface area contributed by atoms with Gasteiger partial charge in [-0.1, -0.05) is 94.1 Å². The molecule has 0 unspecified atom stereocenters. The van der Waals surface area contributed by atoms with Crippen LogP contribution in [0.2, 0.25) is 0 Å². The Balaban J connectivity index is 0.879. The Kier molecular flexibility index (Phi) is 19.3. The van der Waals surface area contributed by atoms with Crippen LogP contribution in [0.5, 0.6) is 0 Å². The van der Waals surface area contributed by atoms with E-state index in [-0.39, 0.29) is 47.8 Å². The van der Waals surface area contributed by atoms with Gasteiger partial charge < -0.3 is 9.47 Å². The molecule has 0 bridgehead atoms. The van der Waals surface area contributed by atoms with E-state index in [9.17, 15) is 19.2 Å². The van der Waals surface area contributed by atoms with E-state index in [2.05, 4.69) is 37.5 Å². The van der Waals surface area contributed by atoms with Crippen LogP contribution in [-0.2, 0) is 22.6 Å². The molecule has 2 aromatic heterocycles. The Labute approximate surface area is 416 Å². The predicted molar refractivity (Wildman–Crippen MR) is 295 cm³/mol. The first kappa shape index (κ1) is 49.4. The number of thioether (sulfide) groups is 16. The highest BCUT2D eigenvalue weighted by Gasteiger charge is 2.31. The topological polar surface area (TPSA) is 96.6 Å². The molecule has 7 rings (SSSR count). The van der Waals surface area contributed by atoms with Crippen LogP contribution in [0.4, 0.5) is 0 Å². The lowest BCUT2D eigenvalue weighted by atomic mass is 10.1. The lowest BCUT2D eigenvalue weighted by molar-refractivity contribution is 0.140. The first-order chi connectivity index (χ1) is 29.1. The van der Waals surface area contributed by atoms with Gasteiger partial charge in [-0.2, -0.15) is 0 Å². The molecule has 24 heteroatoms. The van der Waals surface area contributed by atoms with Gasteiger partial charge in [-0.05, 0) is 49.7 Å². The van der Waals surface area contributed by atoms with E-state index in [1.54, 1.807) is 94.1 Å². The summed E-state index contributed by atoms with van der Waals surface area (Å²) in [6.45, 7) is 1.49. The number of nitrogens with zero attached hydrogens (tertiary/aromatic N) is 2. The third-order valence-corrected chi connectivity index (χ3v) is 30.7. The average molecular weight is 1110 g/mol. The molecule has 1 aromatic carbocycles. The Morgan fingerprint density at radius 2 is 0.650 bits per heavy atom. The summed E-state index contributed by atoms with van der Waals surface area (Å²) in [5.74, 6) is 1.48. The zero-order valence-electron chi connectivity index (χ0n) is 32.7. The molecule has 4 aliphatic rings. The van der Waals surface area contributed by atoms with Gasteiger partial charge in [0.05, 0.1) is 112 Å². The van der Waals surface area contributed by atoms with E-state index in [1.165, 1.54) is 63.0 Å². The molecular formula is C36H36N2O6S16. The zero-order chi connectivity index (χ0) is 42.5. The van der Waals surface area contributed by atoms with Crippen LogP contribution in [0.3, 0.4) is 0 Å². The van der Waals surface area contributed by atoms with Crippen molar-refractivity contribution in [3.8, 4) is 0 Å². The van der Waals surface area contributed by atoms with Crippen molar-refractivity contribution in [2.24, 2.45) is 0 Å². The van der Waals surface area contributed by atoms with Crippen molar-refractivity contribution in [3.63, 3.8) is 0 Å². The summed E-state index contributed by atoms with van der Waals surface area (Å²) in [7, 11) is 0. The summed E-state index contributed by atoms with van der Waals surface area (Å²) in [5, 5.41) is 0.564. The van der Waals surface area contributed by atoms with E-state index in [1.807, 2.05) is 94.1 Å². The molecule has 0 amide bonds. The highest BCUT2D eigenvalue weighted by atomic mass is 32.3. The third-order valence-electron chi connectivity index (χ3n) is 8.50. The van der Waals surface area contributed by atoms with Gasteiger partial charge in [0.1, 0.15) is 0 Å². The second-order valence-electron chi connectivity index (χ2n) is 11.9. The zero-order valence-corrected chi connectivity index (χ0v) is 45.8. The maximum absolute atomic E-state index is 13.4. The smallest absolute Gasteiger partial charge is 0.261 e. The van der Waals surface area contributed by atoms with Gasteiger partial charge >= 0.3 is 0 Å². The van der Waals surface area contributed by atoms with E-state index >= 15 is 0 Å². The summed E-state index contributed by atoms with van der Waals surface area (Å²) in [6, 6.07) is 2.81. The van der Waals surface area contributed by atoms with Gasteiger partial charge in [-0.15, -0.1) is 94.1 Å². The Morgan fingerprint density at radius 3 is 0.917 bits per heavy atom. The molecule has 0 fully saturated rings. The number of fused-ring (bicyclic) bond motifs is 2. The van der Waals surface area contributed by atoms with Gasteiger partial charge in [0, 0.05) is 11.5 Å². The van der Waals surface area contributed by atoms with Crippen LogP contribution in [-0.4, -0.2) is 84.6 Å². The Hall–Kier alpha value is 1.46. The number of hydrogen-bond donors (Lipinski definition) is 0. The van der Waals surface area contributed by atoms with Crippen LogP contribution in [0, 0.1) is 0 Å². The van der Waals surface area contributed by atoms with Crippen LogP contribution in [0.15, 0.2) is 82.2 Å². The van der Waals surface area contributed by atoms with E-state index in [0.717, 1.165) is 20.6 Å². The minimum atomic E-state index is -0.481. The van der Waals surface area contributed by atoms with Gasteiger partial charge in [0.15, 0.2) is 0 Å². The molecule has 0 saturated heterocycles. The van der Waals surface area contributed by atoms with E-state index in [4.69, 9.17) is 9.47 Å². The minimum absolute atomic E-state index is 0.0852. The van der Waals surface area contributed by atoms with E-state index in [0.29, 0.717) is 13.2 Å². The molecule has 0 spiro atoms. The summed E-state index contributed by atoms with van der Waals surface area (Å²) in [5.41, 5.74) is -1.93. The van der Waals surface area contributed by atoms with Crippen LogP contribution in [0.1, 0.15) is 0 Å². The average Bonchev–Trinajstić information content (AvgIpc) is 4.12. The van der Waals surface area contributed by atoms with Crippen LogP contribution >= 0.6 is 188 Å². The van der Waals surface area contributed by atoms with Gasteiger partial charge in [-0.3, -0.25) is 28.3 Å². The van der Waals surface area contributed by atoms with Crippen molar-refractivity contribution in [2.75, 3.05) is 75.5 Å². The van der Waals surface area contributed by atoms with Crippen molar-refractivity contribution in [2.45, 2.75) is 13.1 Å². The van der Waals surface area contributed by atoms with Crippen LogP contribution in [0.25, 0.3) is 21.5 Å². The monoisotopic (exact) mass is 1100 g/mol. The van der Waals surface area contributed by atoms with Crippen LogP contribution < -0.4 is 22.2 Å². The molecule has 0 radical (unpaired) electrons. The molecule has 3 aromatic rings. The molecule has 4 aliphatic heterocycles. The molecule has 8 nitrogen and oxygen atoms in total. The molecule has 0 atom stereocenters. The highest BCUT2D eigenvalue weighted by Crippen LogP contribution is 2.67. The lowest BCUT2D eigenvalue weighted by Gasteiger charge is -2.06.